The molecule has 1 heterocycles. The van der Waals surface area contributed by atoms with Gasteiger partial charge in [-0.1, -0.05) is 19.8 Å². The predicted octanol–water partition coefficient (Wildman–Crippen LogP) is 1.26. The zero-order valence-corrected chi connectivity index (χ0v) is 12.0. The van der Waals surface area contributed by atoms with Crippen LogP contribution in [0.1, 0.15) is 31.9 Å². The molecule has 2 N–H and O–H groups in total. The summed E-state index contributed by atoms with van der Waals surface area (Å²) in [4.78, 5) is 23.8. The molecule has 0 amide bonds. The highest BCUT2D eigenvalue weighted by Gasteiger charge is 2.10. The van der Waals surface area contributed by atoms with Crippen molar-refractivity contribution in [3.8, 4) is 5.75 Å². The Bertz CT molecular complexity index is 510. The maximum Gasteiger partial charge on any atom is 0.317 e. The second-order valence-electron chi connectivity index (χ2n) is 4.98. The minimum absolute atomic E-state index is 0.0932. The fourth-order valence-corrected chi connectivity index (χ4v) is 2.04. The average molecular weight is 282 g/mol. The number of hydrogen-bond donors (Lipinski definition) is 2. The number of aromatic nitrogens is 1. The van der Waals surface area contributed by atoms with Crippen LogP contribution in [0.25, 0.3) is 0 Å². The average Bonchev–Trinajstić information content (AvgIpc) is 2.34. The molecule has 0 aromatic carbocycles. The number of aliphatic carboxylic acids is 1. The lowest BCUT2D eigenvalue weighted by molar-refractivity contribution is -0.138. The Balaban J connectivity index is 2.88. The van der Waals surface area contributed by atoms with Gasteiger partial charge in [-0.05, 0) is 13.5 Å². The maximum atomic E-state index is 11.5. The minimum Gasteiger partial charge on any atom is -0.503 e. The number of aryl methyl sites for hydroxylation is 1. The van der Waals surface area contributed by atoms with Crippen molar-refractivity contribution >= 4 is 5.97 Å². The Kier molecular flexibility index (Phi) is 6.24. The van der Waals surface area contributed by atoms with Crippen molar-refractivity contribution in [2.75, 3.05) is 13.6 Å². The summed E-state index contributed by atoms with van der Waals surface area (Å²) in [5.74, 6) is -1.18. The van der Waals surface area contributed by atoms with E-state index in [4.69, 9.17) is 5.11 Å². The number of carboxylic acid groups (broad SMARTS) is 1. The van der Waals surface area contributed by atoms with E-state index in [-0.39, 0.29) is 12.3 Å². The van der Waals surface area contributed by atoms with Crippen LogP contribution in [0.2, 0.25) is 0 Å². The highest BCUT2D eigenvalue weighted by molar-refractivity contribution is 5.68. The first-order chi connectivity index (χ1) is 9.43. The maximum absolute atomic E-state index is 11.5. The van der Waals surface area contributed by atoms with Crippen molar-refractivity contribution in [2.45, 2.75) is 39.3 Å². The van der Waals surface area contributed by atoms with E-state index < -0.39 is 11.4 Å². The Morgan fingerprint density at radius 3 is 2.70 bits per heavy atom. The van der Waals surface area contributed by atoms with Crippen LogP contribution in [0, 0.1) is 0 Å². The molecule has 0 radical (unpaired) electrons. The fourth-order valence-electron chi connectivity index (χ4n) is 2.04. The lowest BCUT2D eigenvalue weighted by Crippen LogP contribution is -2.27. The lowest BCUT2D eigenvalue weighted by Gasteiger charge is -2.19. The number of carboxylic acids is 1. The van der Waals surface area contributed by atoms with Gasteiger partial charge in [-0.2, -0.15) is 0 Å². The summed E-state index contributed by atoms with van der Waals surface area (Å²) in [5, 5.41) is 18.3. The molecular weight excluding hydrogens is 260 g/mol. The third kappa shape index (κ3) is 5.05. The van der Waals surface area contributed by atoms with E-state index in [1.54, 1.807) is 11.9 Å². The van der Waals surface area contributed by atoms with Crippen molar-refractivity contribution < 1.29 is 15.0 Å². The zero-order valence-electron chi connectivity index (χ0n) is 12.0. The van der Waals surface area contributed by atoms with E-state index in [1.165, 1.54) is 12.3 Å². The molecular formula is C14H22N2O4. The molecule has 0 aliphatic heterocycles. The molecule has 1 rings (SSSR count). The van der Waals surface area contributed by atoms with Gasteiger partial charge in [0.15, 0.2) is 5.75 Å². The van der Waals surface area contributed by atoms with Crippen LogP contribution in [0.3, 0.4) is 0 Å². The largest absolute Gasteiger partial charge is 0.503 e. The third-order valence-corrected chi connectivity index (χ3v) is 3.04. The summed E-state index contributed by atoms with van der Waals surface area (Å²) < 4.78 is 1.82. The van der Waals surface area contributed by atoms with Gasteiger partial charge in [-0.3, -0.25) is 14.5 Å². The Morgan fingerprint density at radius 2 is 2.10 bits per heavy atom. The number of rotatable bonds is 8. The van der Waals surface area contributed by atoms with Crippen LogP contribution in [-0.2, 0) is 17.9 Å². The van der Waals surface area contributed by atoms with Gasteiger partial charge in [0.1, 0.15) is 0 Å². The van der Waals surface area contributed by atoms with Crippen LogP contribution in [0.15, 0.2) is 17.1 Å². The second kappa shape index (κ2) is 7.69. The molecule has 6 nitrogen and oxygen atoms in total. The number of pyridine rings is 1. The van der Waals surface area contributed by atoms with Gasteiger partial charge >= 0.3 is 5.97 Å². The summed E-state index contributed by atoms with van der Waals surface area (Å²) >= 11 is 0. The Morgan fingerprint density at radius 1 is 1.40 bits per heavy atom. The second-order valence-corrected chi connectivity index (χ2v) is 4.98. The molecule has 0 unspecified atom stereocenters. The Labute approximate surface area is 118 Å². The molecule has 6 heteroatoms. The van der Waals surface area contributed by atoms with E-state index in [2.05, 4.69) is 6.92 Å². The van der Waals surface area contributed by atoms with Crippen LogP contribution < -0.4 is 5.43 Å². The van der Waals surface area contributed by atoms with Gasteiger partial charge in [-0.25, -0.2) is 0 Å². The van der Waals surface area contributed by atoms with E-state index in [0.717, 1.165) is 19.3 Å². The number of hydrogen-bond acceptors (Lipinski definition) is 4. The van der Waals surface area contributed by atoms with Gasteiger partial charge in [0, 0.05) is 24.8 Å². The molecule has 0 aliphatic rings. The van der Waals surface area contributed by atoms with Crippen molar-refractivity contribution in [3.63, 3.8) is 0 Å². The summed E-state index contributed by atoms with van der Waals surface area (Å²) in [7, 11) is 1.68. The number of aromatic hydroxyl groups is 1. The lowest BCUT2D eigenvalue weighted by atomic mass is 10.2. The SMILES string of the molecule is CCCCCn1cc(O)c(=O)cc1CN(C)CC(=O)O. The van der Waals surface area contributed by atoms with Crippen molar-refractivity contribution in [2.24, 2.45) is 0 Å². The molecule has 0 saturated carbocycles. The molecule has 0 spiro atoms. The van der Waals surface area contributed by atoms with Crippen LogP contribution in [0.4, 0.5) is 0 Å². The van der Waals surface area contributed by atoms with Gasteiger partial charge in [0.2, 0.25) is 5.43 Å². The molecule has 20 heavy (non-hydrogen) atoms. The number of unbranched alkanes of at least 4 members (excludes halogenated alkanes) is 2. The molecule has 112 valence electrons. The highest BCUT2D eigenvalue weighted by Crippen LogP contribution is 2.10. The number of likely N-dealkylation sites (N-methyl/N-ethyl adjacent to an activating group) is 1. The standard InChI is InChI=1S/C14H22N2O4/c1-3-4-5-6-16-9-13(18)12(17)7-11(16)8-15(2)10-14(19)20/h7,9,18H,3-6,8,10H2,1-2H3,(H,19,20). The molecule has 0 bridgehead atoms. The summed E-state index contributed by atoms with van der Waals surface area (Å²) in [6.07, 6.45) is 4.54. The van der Waals surface area contributed by atoms with Crippen molar-refractivity contribution in [1.82, 2.24) is 9.47 Å². The minimum atomic E-state index is -0.911. The van der Waals surface area contributed by atoms with Gasteiger partial charge in [0.05, 0.1) is 12.7 Å². The molecule has 0 saturated heterocycles. The first-order valence-electron chi connectivity index (χ1n) is 6.76. The molecule has 0 atom stereocenters. The predicted molar refractivity (Wildman–Crippen MR) is 75.9 cm³/mol. The molecule has 0 fully saturated rings. The van der Waals surface area contributed by atoms with E-state index >= 15 is 0 Å². The number of nitrogens with zero attached hydrogens (tertiary/aromatic N) is 2. The van der Waals surface area contributed by atoms with E-state index in [1.807, 2.05) is 4.57 Å². The first kappa shape index (κ1) is 16.2. The zero-order chi connectivity index (χ0) is 15.1. The monoisotopic (exact) mass is 282 g/mol. The van der Waals surface area contributed by atoms with Crippen molar-refractivity contribution in [1.29, 1.82) is 0 Å². The Hall–Kier alpha value is -1.82. The van der Waals surface area contributed by atoms with Crippen LogP contribution in [-0.4, -0.2) is 39.2 Å². The van der Waals surface area contributed by atoms with Gasteiger partial charge < -0.3 is 14.8 Å². The number of carbonyl (C=O) groups is 1. The topological polar surface area (TPSA) is 82.8 Å². The third-order valence-electron chi connectivity index (χ3n) is 3.04. The first-order valence-corrected chi connectivity index (χ1v) is 6.76. The van der Waals surface area contributed by atoms with E-state index in [9.17, 15) is 14.7 Å². The van der Waals surface area contributed by atoms with Crippen molar-refractivity contribution in [3.05, 3.63) is 28.2 Å². The fraction of sp³-hybridized carbons (Fsp3) is 0.571. The molecule has 1 aromatic heterocycles. The highest BCUT2D eigenvalue weighted by atomic mass is 16.4. The van der Waals surface area contributed by atoms with Gasteiger partial charge in [0.25, 0.3) is 0 Å². The summed E-state index contributed by atoms with van der Waals surface area (Å²) in [5.41, 5.74) is 0.281. The molecule has 0 aliphatic carbocycles. The smallest absolute Gasteiger partial charge is 0.317 e. The van der Waals surface area contributed by atoms with Crippen LogP contribution in [0.5, 0.6) is 5.75 Å². The molecule has 1 aromatic rings. The van der Waals surface area contributed by atoms with E-state index in [0.29, 0.717) is 18.8 Å². The normalized spacial score (nSPS) is 10.9. The van der Waals surface area contributed by atoms with Gasteiger partial charge in [-0.15, -0.1) is 0 Å². The quantitative estimate of drug-likeness (QED) is 0.701. The van der Waals surface area contributed by atoms with Crippen LogP contribution >= 0.6 is 0 Å². The summed E-state index contributed by atoms with van der Waals surface area (Å²) in [6.45, 7) is 3.07. The summed E-state index contributed by atoms with van der Waals surface area (Å²) in [6, 6.07) is 1.37.